The van der Waals surface area contributed by atoms with Gasteiger partial charge in [-0.15, -0.1) is 0 Å². The van der Waals surface area contributed by atoms with Crippen LogP contribution in [0.3, 0.4) is 0 Å². The molecule has 36 heavy (non-hydrogen) atoms. The van der Waals surface area contributed by atoms with Gasteiger partial charge >= 0.3 is 59.1 Å². The van der Waals surface area contributed by atoms with Gasteiger partial charge in [0.05, 0.1) is 7.11 Å². The largest absolute Gasteiger partial charge is 1.00 e. The summed E-state index contributed by atoms with van der Waals surface area (Å²) in [6.45, 7) is 3.82. The van der Waals surface area contributed by atoms with E-state index in [4.69, 9.17) is 20.8 Å². The molecule has 1 amide bonds. The Bertz CT molecular complexity index is 1260. The molecule has 1 saturated heterocycles. The topological polar surface area (TPSA) is 131 Å². The summed E-state index contributed by atoms with van der Waals surface area (Å²) in [5.41, 5.74) is 1.71. The van der Waals surface area contributed by atoms with Crippen LogP contribution in [0, 0.1) is 6.92 Å². The quantitative estimate of drug-likeness (QED) is 0.226. The van der Waals surface area contributed by atoms with Gasteiger partial charge < -0.3 is 37.8 Å². The van der Waals surface area contributed by atoms with Crippen molar-refractivity contribution in [1.82, 2.24) is 9.88 Å². The second-order valence-corrected chi connectivity index (χ2v) is 9.09. The number of aromatic nitrogens is 1. The molecule has 4 rings (SSSR count). The number of amides is 1. The van der Waals surface area contributed by atoms with Crippen LogP contribution in [0.4, 0.5) is 5.69 Å². The summed E-state index contributed by atoms with van der Waals surface area (Å²) < 4.78 is 26.2. The van der Waals surface area contributed by atoms with E-state index in [2.05, 4.69) is 14.4 Å². The number of phosphoric acid groups is 1. The number of hydrogen-bond donors (Lipinski definition) is 0. The second kappa shape index (κ2) is 13.2. The van der Waals surface area contributed by atoms with Crippen LogP contribution in [0.5, 0.6) is 11.5 Å². The number of halogens is 1. The van der Waals surface area contributed by atoms with E-state index in [1.54, 1.807) is 11.8 Å². The van der Waals surface area contributed by atoms with E-state index in [-0.39, 0.29) is 88.0 Å². The zero-order valence-corrected chi connectivity index (χ0v) is 26.0. The Labute approximate surface area is 257 Å². The molecule has 2 aromatic carbocycles. The minimum Gasteiger partial charge on any atom is -0.780 e. The fourth-order valence-corrected chi connectivity index (χ4v) is 4.34. The number of benzene rings is 2. The summed E-state index contributed by atoms with van der Waals surface area (Å²) in [6, 6.07) is 11.7. The Morgan fingerprint density at radius 3 is 2.39 bits per heavy atom. The van der Waals surface area contributed by atoms with E-state index in [1.165, 1.54) is 25.3 Å². The van der Waals surface area contributed by atoms with Crippen LogP contribution in [0.2, 0.25) is 5.02 Å². The Balaban J connectivity index is 0.00000228. The van der Waals surface area contributed by atoms with Gasteiger partial charge in [0.15, 0.2) is 17.4 Å². The number of oxazole rings is 1. The van der Waals surface area contributed by atoms with Gasteiger partial charge in [0.2, 0.25) is 5.76 Å². The molecule has 1 aliphatic heterocycles. The summed E-state index contributed by atoms with van der Waals surface area (Å²) in [7, 11) is -3.97. The number of rotatable bonds is 6. The van der Waals surface area contributed by atoms with E-state index in [0.717, 1.165) is 5.69 Å². The van der Waals surface area contributed by atoms with Crippen molar-refractivity contribution in [1.29, 1.82) is 0 Å². The van der Waals surface area contributed by atoms with Crippen molar-refractivity contribution in [2.45, 2.75) is 6.92 Å². The molecule has 0 aliphatic carbocycles. The first-order valence-electron chi connectivity index (χ1n) is 10.3. The third kappa shape index (κ3) is 7.51. The minimum atomic E-state index is -5.27. The van der Waals surface area contributed by atoms with Gasteiger partial charge in [0.1, 0.15) is 13.5 Å². The van der Waals surface area contributed by atoms with Gasteiger partial charge in [-0.1, -0.05) is 17.7 Å². The molecule has 14 heteroatoms. The number of aryl methyl sites for hydroxylation is 1. The SMILES string of the molecule is COc1cc(-c2nc(C)oc2C(=O)N2CCN(c3cccc(Cl)c3)CC2)ccc1OP(=O)([O-])[O-].[Na+].[Na+]. The third-order valence-electron chi connectivity index (χ3n) is 5.32. The zero-order chi connectivity index (χ0) is 24.5. The first kappa shape index (κ1) is 31.2. The van der Waals surface area contributed by atoms with E-state index < -0.39 is 7.82 Å². The molecular weight excluding hydrogens is 531 g/mol. The third-order valence-corrected chi connectivity index (χ3v) is 5.97. The van der Waals surface area contributed by atoms with Crippen molar-refractivity contribution < 1.29 is 91.9 Å². The Hall–Kier alpha value is -1.04. The van der Waals surface area contributed by atoms with Crippen LogP contribution in [0.1, 0.15) is 16.4 Å². The Morgan fingerprint density at radius 1 is 1.08 bits per heavy atom. The molecule has 1 aliphatic rings. The van der Waals surface area contributed by atoms with Crippen LogP contribution in [-0.2, 0) is 4.57 Å². The van der Waals surface area contributed by atoms with E-state index >= 15 is 0 Å². The monoisotopic (exact) mass is 551 g/mol. The predicted molar refractivity (Wildman–Crippen MR) is 121 cm³/mol. The average Bonchev–Trinajstić information content (AvgIpc) is 3.19. The van der Waals surface area contributed by atoms with Crippen molar-refractivity contribution in [2.75, 3.05) is 38.2 Å². The number of phosphoric ester groups is 1. The van der Waals surface area contributed by atoms with E-state index in [9.17, 15) is 19.1 Å². The molecule has 0 radical (unpaired) electrons. The van der Waals surface area contributed by atoms with Gasteiger partial charge in [-0.05, 0) is 36.4 Å². The van der Waals surface area contributed by atoms with Crippen LogP contribution in [0.25, 0.3) is 11.3 Å². The number of piperazine rings is 1. The number of ether oxygens (including phenoxy) is 1. The molecule has 0 N–H and O–H groups in total. The molecule has 1 fully saturated rings. The summed E-state index contributed by atoms with van der Waals surface area (Å²) in [5, 5.41) is 0.651. The van der Waals surface area contributed by atoms with E-state index in [0.29, 0.717) is 42.7 Å². The maximum absolute atomic E-state index is 13.3. The molecular formula is C22H21ClN3Na2O7P. The summed E-state index contributed by atoms with van der Waals surface area (Å²) >= 11 is 6.09. The van der Waals surface area contributed by atoms with Crippen LogP contribution >= 0.6 is 19.4 Å². The fraction of sp³-hybridized carbons (Fsp3) is 0.273. The minimum absolute atomic E-state index is 0. The predicted octanol–water partition coefficient (Wildman–Crippen LogP) is -3.51. The van der Waals surface area contributed by atoms with Crippen molar-refractivity contribution in [3.8, 4) is 22.8 Å². The second-order valence-electron chi connectivity index (χ2n) is 7.57. The van der Waals surface area contributed by atoms with Gasteiger partial charge in [0, 0.05) is 49.4 Å². The molecule has 0 bridgehead atoms. The zero-order valence-electron chi connectivity index (χ0n) is 20.4. The van der Waals surface area contributed by atoms with E-state index in [1.807, 2.05) is 24.3 Å². The Morgan fingerprint density at radius 2 is 1.78 bits per heavy atom. The standard InChI is InChI=1S/C22H23ClN3O7P.2Na/c1-14-24-20(15-6-7-18(19(12-15)31-2)33-34(28,29)30)21(32-14)22(27)26-10-8-25(9-11-26)17-5-3-4-16(23)13-17;;/h3-7,12-13H,8-11H2,1-2H3,(H2,28,29,30);;/q;2*+1/p-2. The molecule has 0 atom stereocenters. The summed E-state index contributed by atoms with van der Waals surface area (Å²) in [5.74, 6) is -0.228. The number of hydrogen-bond acceptors (Lipinski definition) is 9. The maximum atomic E-state index is 13.3. The maximum Gasteiger partial charge on any atom is 1.00 e. The molecule has 180 valence electrons. The molecule has 1 aromatic heterocycles. The average molecular weight is 552 g/mol. The van der Waals surface area contributed by atoms with Crippen LogP contribution in [-0.4, -0.2) is 49.1 Å². The smallest absolute Gasteiger partial charge is 0.780 e. The molecule has 0 spiro atoms. The number of anilines is 1. The molecule has 10 nitrogen and oxygen atoms in total. The molecule has 0 unspecified atom stereocenters. The first-order valence-corrected chi connectivity index (χ1v) is 12.2. The first-order chi connectivity index (χ1) is 16.1. The number of methoxy groups -OCH3 is 1. The summed E-state index contributed by atoms with van der Waals surface area (Å²) in [4.78, 5) is 43.4. The van der Waals surface area contributed by atoms with Crippen molar-refractivity contribution in [2.24, 2.45) is 0 Å². The number of nitrogens with zero attached hydrogens (tertiary/aromatic N) is 3. The van der Waals surface area contributed by atoms with Gasteiger partial charge in [0.25, 0.3) is 5.91 Å². The van der Waals surface area contributed by atoms with Crippen molar-refractivity contribution in [3.63, 3.8) is 0 Å². The number of carbonyl (C=O) groups is 1. The number of carbonyl (C=O) groups excluding carboxylic acids is 1. The van der Waals surface area contributed by atoms with Crippen molar-refractivity contribution >= 4 is 31.0 Å². The Kier molecular flexibility index (Phi) is 11.4. The van der Waals surface area contributed by atoms with Crippen LogP contribution in [0.15, 0.2) is 46.9 Å². The van der Waals surface area contributed by atoms with Gasteiger partial charge in [-0.3, -0.25) is 4.79 Å². The van der Waals surface area contributed by atoms with Crippen molar-refractivity contribution in [3.05, 3.63) is 59.1 Å². The molecule has 2 heterocycles. The normalized spacial score (nSPS) is 13.5. The molecule has 0 saturated carbocycles. The van der Waals surface area contributed by atoms with Gasteiger partial charge in [-0.2, -0.15) is 0 Å². The summed E-state index contributed by atoms with van der Waals surface area (Å²) in [6.07, 6.45) is 0. The molecule has 3 aromatic rings. The fourth-order valence-electron chi connectivity index (χ4n) is 3.76. The van der Waals surface area contributed by atoms with Crippen LogP contribution < -0.4 is 83.1 Å². The van der Waals surface area contributed by atoms with Gasteiger partial charge in [-0.25, -0.2) is 4.98 Å².